The monoisotopic (exact) mass is 470 g/mol. The molecular weight excluding hydrogens is 455 g/mol. The predicted octanol–water partition coefficient (Wildman–Crippen LogP) is 4.21. The summed E-state index contributed by atoms with van der Waals surface area (Å²) < 4.78 is 30.2. The van der Waals surface area contributed by atoms with Gasteiger partial charge in [-0.15, -0.1) is 0 Å². The fourth-order valence-corrected chi connectivity index (χ4v) is 3.02. The maximum Gasteiger partial charge on any atom is 0.291 e. The number of aliphatic hydroxyl groups excluding tert-OH is 1. The van der Waals surface area contributed by atoms with Crippen molar-refractivity contribution in [3.05, 3.63) is 65.4 Å². The molecular formula is C22H16ClFN4O5. The quantitative estimate of drug-likeness (QED) is 0.186. The molecule has 0 bridgehead atoms. The normalized spacial score (nSPS) is 11.5. The van der Waals surface area contributed by atoms with E-state index in [4.69, 9.17) is 30.7 Å². The van der Waals surface area contributed by atoms with Gasteiger partial charge in [0.1, 0.15) is 18.0 Å². The summed E-state index contributed by atoms with van der Waals surface area (Å²) in [7, 11) is 1.48. The standard InChI is InChI=1S/C22H16ClFN4O5/c1-31-18-10-17-14(22(26-11-25-17)27-12-2-5-16(24)15(23)8-12)9-19(18)33-21-7-4-13(32-21)3-6-20(29)28-30/h2,4-5,7-11,20,28-30H,1H3,(H,25,26,27). The number of anilines is 2. The van der Waals surface area contributed by atoms with Crippen molar-refractivity contribution in [1.29, 1.82) is 0 Å². The molecule has 1 atom stereocenters. The first-order valence-corrected chi connectivity index (χ1v) is 9.76. The lowest BCUT2D eigenvalue weighted by molar-refractivity contribution is 0.0375. The van der Waals surface area contributed by atoms with Crippen molar-refractivity contribution in [2.24, 2.45) is 0 Å². The summed E-state index contributed by atoms with van der Waals surface area (Å²) in [6.07, 6.45) is -0.0370. The molecule has 0 aliphatic rings. The second-order valence-electron chi connectivity index (χ2n) is 6.52. The van der Waals surface area contributed by atoms with Gasteiger partial charge in [0.25, 0.3) is 5.95 Å². The van der Waals surface area contributed by atoms with Gasteiger partial charge in [-0.25, -0.2) is 14.4 Å². The summed E-state index contributed by atoms with van der Waals surface area (Å²) in [6, 6.07) is 10.6. The number of hydroxylamine groups is 1. The van der Waals surface area contributed by atoms with Crippen molar-refractivity contribution in [2.45, 2.75) is 6.23 Å². The third kappa shape index (κ3) is 5.14. The molecule has 0 aliphatic heterocycles. The number of aliphatic hydroxyl groups is 1. The van der Waals surface area contributed by atoms with E-state index in [1.54, 1.807) is 17.6 Å². The summed E-state index contributed by atoms with van der Waals surface area (Å²) in [4.78, 5) is 8.52. The van der Waals surface area contributed by atoms with Crippen LogP contribution in [0.3, 0.4) is 0 Å². The average Bonchev–Trinajstić information content (AvgIpc) is 3.27. The summed E-state index contributed by atoms with van der Waals surface area (Å²) in [5, 5.41) is 21.5. The van der Waals surface area contributed by atoms with Crippen LogP contribution in [0, 0.1) is 17.7 Å². The fourth-order valence-electron chi connectivity index (χ4n) is 2.84. The van der Waals surface area contributed by atoms with E-state index in [0.29, 0.717) is 33.9 Å². The van der Waals surface area contributed by atoms with E-state index in [1.165, 1.54) is 43.8 Å². The molecule has 0 saturated heterocycles. The zero-order chi connectivity index (χ0) is 23.4. The number of nitrogens with zero attached hydrogens (tertiary/aromatic N) is 2. The zero-order valence-corrected chi connectivity index (χ0v) is 17.7. The first-order valence-electron chi connectivity index (χ1n) is 9.38. The Balaban J connectivity index is 1.67. The van der Waals surface area contributed by atoms with E-state index in [2.05, 4.69) is 27.1 Å². The first-order chi connectivity index (χ1) is 16.0. The molecule has 0 amide bonds. The van der Waals surface area contributed by atoms with Gasteiger partial charge in [0.2, 0.25) is 0 Å². The molecule has 9 nitrogen and oxygen atoms in total. The Bertz CT molecular complexity index is 1370. The molecule has 4 rings (SSSR count). The fraction of sp³-hybridized carbons (Fsp3) is 0.0909. The molecule has 2 heterocycles. The lowest BCUT2D eigenvalue weighted by Gasteiger charge is -2.13. The van der Waals surface area contributed by atoms with Crippen LogP contribution in [0.25, 0.3) is 10.9 Å². The van der Waals surface area contributed by atoms with Crippen LogP contribution in [0.4, 0.5) is 15.9 Å². The molecule has 0 saturated carbocycles. The molecule has 168 valence electrons. The van der Waals surface area contributed by atoms with Gasteiger partial charge in [-0.2, -0.15) is 5.48 Å². The Hall–Kier alpha value is -3.88. The van der Waals surface area contributed by atoms with E-state index in [-0.39, 0.29) is 16.7 Å². The average molecular weight is 471 g/mol. The Morgan fingerprint density at radius 2 is 2.00 bits per heavy atom. The van der Waals surface area contributed by atoms with Crippen molar-refractivity contribution in [3.8, 4) is 29.3 Å². The van der Waals surface area contributed by atoms with Gasteiger partial charge in [-0.05, 0) is 42.2 Å². The molecule has 1 unspecified atom stereocenters. The molecule has 2 aromatic carbocycles. The largest absolute Gasteiger partial charge is 0.493 e. The molecule has 0 radical (unpaired) electrons. The van der Waals surface area contributed by atoms with Crippen LogP contribution in [0.5, 0.6) is 17.4 Å². The van der Waals surface area contributed by atoms with Crippen molar-refractivity contribution in [1.82, 2.24) is 15.4 Å². The van der Waals surface area contributed by atoms with E-state index < -0.39 is 12.0 Å². The van der Waals surface area contributed by atoms with E-state index in [0.717, 1.165) is 0 Å². The smallest absolute Gasteiger partial charge is 0.291 e. The Labute approximate surface area is 191 Å². The summed E-state index contributed by atoms with van der Waals surface area (Å²) in [5.74, 6) is 5.79. The number of halogens is 2. The van der Waals surface area contributed by atoms with Crippen LogP contribution in [-0.4, -0.2) is 33.6 Å². The van der Waals surface area contributed by atoms with Crippen molar-refractivity contribution < 1.29 is 28.6 Å². The lowest BCUT2D eigenvalue weighted by atomic mass is 10.2. The summed E-state index contributed by atoms with van der Waals surface area (Å²) >= 11 is 5.87. The molecule has 4 N–H and O–H groups in total. The highest BCUT2D eigenvalue weighted by molar-refractivity contribution is 6.31. The number of rotatable bonds is 6. The molecule has 11 heteroatoms. The number of nitrogens with one attached hydrogen (secondary N) is 2. The second-order valence-corrected chi connectivity index (χ2v) is 6.93. The van der Waals surface area contributed by atoms with Gasteiger partial charge < -0.3 is 29.5 Å². The van der Waals surface area contributed by atoms with Gasteiger partial charge in [0.05, 0.1) is 17.6 Å². The number of fused-ring (bicyclic) bond motifs is 1. The Morgan fingerprint density at radius 3 is 2.76 bits per heavy atom. The molecule has 2 aromatic heterocycles. The Morgan fingerprint density at radius 1 is 1.15 bits per heavy atom. The number of aromatic nitrogens is 2. The SMILES string of the molecule is COc1cc2ncnc(Nc3ccc(F)c(Cl)c3)c2cc1Oc1ccc(C#CC(O)NO)o1. The third-order valence-electron chi connectivity index (χ3n) is 4.35. The Kier molecular flexibility index (Phi) is 6.58. The highest BCUT2D eigenvalue weighted by Crippen LogP contribution is 2.37. The number of hydrogen-bond donors (Lipinski definition) is 4. The number of methoxy groups -OCH3 is 1. The van der Waals surface area contributed by atoms with Crippen LogP contribution in [0.2, 0.25) is 5.02 Å². The minimum Gasteiger partial charge on any atom is -0.493 e. The van der Waals surface area contributed by atoms with Gasteiger partial charge in [-0.1, -0.05) is 11.6 Å². The highest BCUT2D eigenvalue weighted by atomic mass is 35.5. The van der Waals surface area contributed by atoms with E-state index in [9.17, 15) is 9.50 Å². The molecule has 0 aliphatic carbocycles. The topological polar surface area (TPSA) is 122 Å². The zero-order valence-electron chi connectivity index (χ0n) is 17.0. The lowest BCUT2D eigenvalue weighted by Crippen LogP contribution is -2.22. The van der Waals surface area contributed by atoms with Crippen LogP contribution in [0.15, 0.2) is 53.2 Å². The van der Waals surface area contributed by atoms with E-state index in [1.807, 2.05) is 0 Å². The molecule has 0 fully saturated rings. The molecule has 4 aromatic rings. The van der Waals surface area contributed by atoms with Gasteiger partial charge in [-0.3, -0.25) is 0 Å². The molecule has 33 heavy (non-hydrogen) atoms. The number of ether oxygens (including phenoxy) is 2. The number of furan rings is 1. The van der Waals surface area contributed by atoms with Crippen molar-refractivity contribution in [2.75, 3.05) is 12.4 Å². The summed E-state index contributed by atoms with van der Waals surface area (Å²) in [5.41, 5.74) is 2.70. The number of benzene rings is 2. The third-order valence-corrected chi connectivity index (χ3v) is 4.64. The van der Waals surface area contributed by atoms with E-state index >= 15 is 0 Å². The van der Waals surface area contributed by atoms with Gasteiger partial charge in [0, 0.05) is 23.2 Å². The van der Waals surface area contributed by atoms with Gasteiger partial charge >= 0.3 is 0 Å². The maximum atomic E-state index is 13.5. The predicted molar refractivity (Wildman–Crippen MR) is 117 cm³/mol. The minimum absolute atomic E-state index is 0.0249. The summed E-state index contributed by atoms with van der Waals surface area (Å²) in [6.45, 7) is 0. The van der Waals surface area contributed by atoms with Crippen LogP contribution in [-0.2, 0) is 0 Å². The van der Waals surface area contributed by atoms with Crippen molar-refractivity contribution >= 4 is 34.0 Å². The number of hydrogen-bond acceptors (Lipinski definition) is 9. The second kappa shape index (κ2) is 9.72. The van der Waals surface area contributed by atoms with Crippen LogP contribution < -0.4 is 20.3 Å². The maximum absolute atomic E-state index is 13.5. The van der Waals surface area contributed by atoms with Crippen LogP contribution >= 0.6 is 11.6 Å². The van der Waals surface area contributed by atoms with Crippen molar-refractivity contribution in [3.63, 3.8) is 0 Å². The highest BCUT2D eigenvalue weighted by Gasteiger charge is 2.14. The minimum atomic E-state index is -1.41. The van der Waals surface area contributed by atoms with Crippen LogP contribution in [0.1, 0.15) is 5.76 Å². The van der Waals surface area contributed by atoms with Gasteiger partial charge in [0.15, 0.2) is 23.5 Å². The first kappa shape index (κ1) is 22.3. The molecule has 0 spiro atoms.